The molecule has 1 aliphatic rings. The normalized spacial score (nSPS) is 22.1. The molecule has 0 radical (unpaired) electrons. The van der Waals surface area contributed by atoms with E-state index >= 15 is 0 Å². The fourth-order valence-electron chi connectivity index (χ4n) is 5.80. The zero-order valence-corrected chi connectivity index (χ0v) is 20.1. The number of rotatable bonds is 7. The molecular formula is C29H36N4. The summed E-state index contributed by atoms with van der Waals surface area (Å²) in [7, 11) is 4.48. The Kier molecular flexibility index (Phi) is 6.13. The molecule has 5 rings (SSSR count). The van der Waals surface area contributed by atoms with E-state index < -0.39 is 0 Å². The molecule has 33 heavy (non-hydrogen) atoms. The molecule has 0 aliphatic heterocycles. The predicted molar refractivity (Wildman–Crippen MR) is 137 cm³/mol. The van der Waals surface area contributed by atoms with Crippen LogP contribution in [0.3, 0.4) is 0 Å². The molecule has 0 bridgehead atoms. The Morgan fingerprint density at radius 2 is 1.70 bits per heavy atom. The lowest BCUT2D eigenvalue weighted by Crippen LogP contribution is -2.48. The third-order valence-electron chi connectivity index (χ3n) is 7.75. The Balaban J connectivity index is 1.35. The van der Waals surface area contributed by atoms with E-state index in [1.807, 2.05) is 0 Å². The smallest absolute Gasteiger partial charge is 0.0516 e. The number of aromatic nitrogens is 2. The summed E-state index contributed by atoms with van der Waals surface area (Å²) in [6.45, 7) is 2.14. The Morgan fingerprint density at radius 1 is 0.970 bits per heavy atom. The van der Waals surface area contributed by atoms with Gasteiger partial charge in [-0.3, -0.25) is 4.90 Å². The van der Waals surface area contributed by atoms with Crippen LogP contribution >= 0.6 is 0 Å². The topological polar surface area (TPSA) is 46.9 Å². The number of para-hydroxylation sites is 1. The Morgan fingerprint density at radius 3 is 2.39 bits per heavy atom. The fourth-order valence-corrected chi connectivity index (χ4v) is 5.80. The van der Waals surface area contributed by atoms with E-state index in [-0.39, 0.29) is 11.6 Å². The number of nitrogens with zero attached hydrogens (tertiary/aromatic N) is 1. The van der Waals surface area contributed by atoms with Crippen molar-refractivity contribution in [3.63, 3.8) is 0 Å². The van der Waals surface area contributed by atoms with E-state index in [9.17, 15) is 0 Å². The van der Waals surface area contributed by atoms with Gasteiger partial charge in [-0.15, -0.1) is 0 Å². The van der Waals surface area contributed by atoms with Crippen molar-refractivity contribution >= 4 is 10.9 Å². The number of hydrogen-bond donors (Lipinski definition) is 3. The maximum Gasteiger partial charge on any atom is 0.0516 e. The summed E-state index contributed by atoms with van der Waals surface area (Å²) in [5.74, 6) is 0. The summed E-state index contributed by atoms with van der Waals surface area (Å²) >= 11 is 0. The monoisotopic (exact) mass is 440 g/mol. The lowest BCUT2D eigenvalue weighted by atomic mass is 9.74. The van der Waals surface area contributed by atoms with Crippen LogP contribution in [0.15, 0.2) is 72.9 Å². The Labute approximate surface area is 197 Å². The Bertz CT molecular complexity index is 1180. The molecule has 2 aromatic carbocycles. The van der Waals surface area contributed by atoms with Gasteiger partial charge in [0.1, 0.15) is 0 Å². The molecule has 1 fully saturated rings. The standard InChI is InChI=1S/C29H36N4/c1-21-13-14-27(31-21)28(19-22-20-30-26-12-8-7-11-25(22)26)32-24-15-17-29(18-16-24,33(2)3)23-9-5-4-6-10-23/h4-14,20,24,28,30-32H,15-19H2,1-3H3/t24?,28-,29?/m1/s1. The van der Waals surface area contributed by atoms with Crippen LogP contribution in [0.1, 0.15) is 54.2 Å². The second kappa shape index (κ2) is 9.20. The summed E-state index contributed by atoms with van der Waals surface area (Å²) in [6.07, 6.45) is 7.85. The van der Waals surface area contributed by atoms with E-state index in [0.29, 0.717) is 6.04 Å². The van der Waals surface area contributed by atoms with Gasteiger partial charge in [-0.25, -0.2) is 0 Å². The number of nitrogens with one attached hydrogen (secondary N) is 3. The number of hydrogen-bond acceptors (Lipinski definition) is 2. The number of aryl methyl sites for hydroxylation is 1. The molecule has 0 saturated heterocycles. The van der Waals surface area contributed by atoms with Crippen molar-refractivity contribution in [1.82, 2.24) is 20.2 Å². The molecule has 2 heterocycles. The minimum atomic E-state index is 0.134. The Hall–Kier alpha value is -2.82. The molecule has 3 N–H and O–H groups in total. The van der Waals surface area contributed by atoms with Crippen molar-refractivity contribution in [2.45, 2.75) is 56.7 Å². The second-order valence-corrected chi connectivity index (χ2v) is 9.95. The molecular weight excluding hydrogens is 404 g/mol. The molecule has 4 aromatic rings. The number of H-pyrrole nitrogens is 2. The minimum Gasteiger partial charge on any atom is -0.361 e. The lowest BCUT2D eigenvalue weighted by Gasteiger charge is -2.46. The van der Waals surface area contributed by atoms with Crippen LogP contribution in [-0.4, -0.2) is 35.0 Å². The maximum atomic E-state index is 4.05. The molecule has 1 atom stereocenters. The second-order valence-electron chi connectivity index (χ2n) is 9.95. The third-order valence-corrected chi connectivity index (χ3v) is 7.75. The summed E-state index contributed by atoms with van der Waals surface area (Å²) in [5, 5.41) is 5.38. The van der Waals surface area contributed by atoms with Gasteiger partial charge in [0, 0.05) is 40.1 Å². The van der Waals surface area contributed by atoms with Crippen LogP contribution < -0.4 is 5.32 Å². The zero-order chi connectivity index (χ0) is 22.8. The maximum absolute atomic E-state index is 4.05. The van der Waals surface area contributed by atoms with Gasteiger partial charge in [0.15, 0.2) is 0 Å². The van der Waals surface area contributed by atoms with E-state index in [1.165, 1.54) is 59.1 Å². The molecule has 2 aromatic heterocycles. The van der Waals surface area contributed by atoms with Gasteiger partial charge in [-0.05, 0) is 82.4 Å². The third kappa shape index (κ3) is 4.38. The molecule has 0 spiro atoms. The van der Waals surface area contributed by atoms with Gasteiger partial charge in [-0.1, -0.05) is 48.5 Å². The predicted octanol–water partition coefficient (Wildman–Crippen LogP) is 6.08. The average Bonchev–Trinajstić information content (AvgIpc) is 3.46. The van der Waals surface area contributed by atoms with Gasteiger partial charge in [0.05, 0.1) is 6.04 Å². The minimum absolute atomic E-state index is 0.134. The first kappa shape index (κ1) is 22.0. The van der Waals surface area contributed by atoms with Crippen molar-refractivity contribution in [3.05, 3.63) is 95.4 Å². The largest absolute Gasteiger partial charge is 0.361 e. The average molecular weight is 441 g/mol. The van der Waals surface area contributed by atoms with Gasteiger partial charge in [0.25, 0.3) is 0 Å². The van der Waals surface area contributed by atoms with E-state index in [4.69, 9.17) is 0 Å². The summed E-state index contributed by atoms with van der Waals surface area (Å²) < 4.78 is 0. The molecule has 172 valence electrons. The van der Waals surface area contributed by atoms with E-state index in [1.54, 1.807) is 0 Å². The summed E-state index contributed by atoms with van der Waals surface area (Å²) in [4.78, 5) is 9.50. The van der Waals surface area contributed by atoms with Crippen LogP contribution in [0.25, 0.3) is 10.9 Å². The van der Waals surface area contributed by atoms with Gasteiger partial charge >= 0.3 is 0 Å². The highest BCUT2D eigenvalue weighted by atomic mass is 15.2. The van der Waals surface area contributed by atoms with Gasteiger partial charge in [0.2, 0.25) is 0 Å². The van der Waals surface area contributed by atoms with E-state index in [2.05, 4.69) is 114 Å². The molecule has 1 aliphatic carbocycles. The van der Waals surface area contributed by atoms with Gasteiger partial charge < -0.3 is 15.3 Å². The lowest BCUT2D eigenvalue weighted by molar-refractivity contribution is 0.0831. The fraction of sp³-hybridized carbons (Fsp3) is 0.379. The highest BCUT2D eigenvalue weighted by molar-refractivity contribution is 5.83. The zero-order valence-electron chi connectivity index (χ0n) is 20.1. The van der Waals surface area contributed by atoms with Crippen LogP contribution in [-0.2, 0) is 12.0 Å². The van der Waals surface area contributed by atoms with Crippen LogP contribution in [0.4, 0.5) is 0 Å². The first-order valence-electron chi connectivity index (χ1n) is 12.2. The van der Waals surface area contributed by atoms with Crippen LogP contribution in [0, 0.1) is 6.92 Å². The summed E-state index contributed by atoms with van der Waals surface area (Å²) in [6, 6.07) is 24.9. The van der Waals surface area contributed by atoms with Crippen LogP contribution in [0.2, 0.25) is 0 Å². The summed E-state index contributed by atoms with van der Waals surface area (Å²) in [5.41, 5.74) is 6.67. The molecule has 1 saturated carbocycles. The van der Waals surface area contributed by atoms with Crippen molar-refractivity contribution in [3.8, 4) is 0 Å². The quantitative estimate of drug-likeness (QED) is 0.326. The molecule has 0 unspecified atom stereocenters. The van der Waals surface area contributed by atoms with Crippen molar-refractivity contribution in [1.29, 1.82) is 0 Å². The van der Waals surface area contributed by atoms with E-state index in [0.717, 1.165) is 6.42 Å². The number of benzene rings is 2. The molecule has 0 amide bonds. The van der Waals surface area contributed by atoms with Crippen molar-refractivity contribution in [2.24, 2.45) is 0 Å². The molecule has 4 heteroatoms. The molecule has 4 nitrogen and oxygen atoms in total. The highest BCUT2D eigenvalue weighted by Gasteiger charge is 2.39. The number of fused-ring (bicyclic) bond motifs is 1. The highest BCUT2D eigenvalue weighted by Crippen LogP contribution is 2.41. The van der Waals surface area contributed by atoms with Crippen LogP contribution in [0.5, 0.6) is 0 Å². The number of aromatic amines is 2. The van der Waals surface area contributed by atoms with Crippen molar-refractivity contribution < 1.29 is 0 Å². The van der Waals surface area contributed by atoms with Gasteiger partial charge in [-0.2, -0.15) is 0 Å². The SMILES string of the molecule is Cc1ccc([C@@H](Cc2c[nH]c3ccccc23)NC2CCC(c3ccccc3)(N(C)C)CC2)[nH]1. The first-order chi connectivity index (χ1) is 16.0. The van der Waals surface area contributed by atoms with Crippen molar-refractivity contribution in [2.75, 3.05) is 14.1 Å². The first-order valence-corrected chi connectivity index (χ1v) is 12.2.